The molecule has 0 aliphatic heterocycles. The Labute approximate surface area is 171 Å². The van der Waals surface area contributed by atoms with Crippen molar-refractivity contribution in [3.8, 4) is 11.3 Å². The number of ether oxygens (including phenoxy) is 1. The lowest BCUT2D eigenvalue weighted by atomic mass is 9.87. The molecule has 0 aliphatic carbocycles. The van der Waals surface area contributed by atoms with Gasteiger partial charge in [-0.3, -0.25) is 4.79 Å². The lowest BCUT2D eigenvalue weighted by Gasteiger charge is -2.17. The van der Waals surface area contributed by atoms with Crippen LogP contribution in [0, 0.1) is 0 Å². The summed E-state index contributed by atoms with van der Waals surface area (Å²) in [6.45, 7) is 0. The van der Waals surface area contributed by atoms with Crippen LogP contribution in [0.3, 0.4) is 0 Å². The summed E-state index contributed by atoms with van der Waals surface area (Å²) in [6.07, 6.45) is -4.50. The molecular formula is C24H18F3NO2. The van der Waals surface area contributed by atoms with Gasteiger partial charge in [0.25, 0.3) is 0 Å². The van der Waals surface area contributed by atoms with E-state index in [9.17, 15) is 18.0 Å². The van der Waals surface area contributed by atoms with Crippen LogP contribution in [0.1, 0.15) is 22.6 Å². The standard InChI is InChI=1S/C24H18F3NO2/c1-30-23(29)20(15-8-4-2-5-9-15)21-18-14-17(24(25,26)27)12-13-19(18)28-22(21)16-10-6-3-7-11-16/h2-14,20,28H,1H3. The molecule has 152 valence electrons. The molecule has 0 saturated carbocycles. The number of fused-ring (bicyclic) bond motifs is 1. The van der Waals surface area contributed by atoms with Crippen LogP contribution < -0.4 is 0 Å². The number of hydrogen-bond donors (Lipinski definition) is 1. The molecule has 0 fully saturated rings. The Morgan fingerprint density at radius 1 is 0.933 bits per heavy atom. The number of methoxy groups -OCH3 is 1. The van der Waals surface area contributed by atoms with Gasteiger partial charge in [0.1, 0.15) is 5.92 Å². The molecule has 30 heavy (non-hydrogen) atoms. The first kappa shape index (κ1) is 19.8. The Hall–Kier alpha value is -3.54. The molecule has 3 nitrogen and oxygen atoms in total. The van der Waals surface area contributed by atoms with E-state index in [1.807, 2.05) is 36.4 Å². The Morgan fingerprint density at radius 2 is 1.57 bits per heavy atom. The summed E-state index contributed by atoms with van der Waals surface area (Å²) in [5.41, 5.74) is 2.19. The number of halogens is 3. The van der Waals surface area contributed by atoms with Gasteiger partial charge in [0.15, 0.2) is 0 Å². The van der Waals surface area contributed by atoms with Crippen molar-refractivity contribution in [2.45, 2.75) is 12.1 Å². The number of H-pyrrole nitrogens is 1. The smallest absolute Gasteiger partial charge is 0.416 e. The molecular weight excluding hydrogens is 391 g/mol. The second-order valence-electron chi connectivity index (χ2n) is 6.90. The summed E-state index contributed by atoms with van der Waals surface area (Å²) in [5, 5.41) is 0.336. The van der Waals surface area contributed by atoms with Crippen molar-refractivity contribution in [2.24, 2.45) is 0 Å². The highest BCUT2D eigenvalue weighted by Crippen LogP contribution is 2.41. The van der Waals surface area contributed by atoms with E-state index in [2.05, 4.69) is 4.98 Å². The normalized spacial score (nSPS) is 12.7. The van der Waals surface area contributed by atoms with E-state index in [0.29, 0.717) is 27.7 Å². The molecule has 6 heteroatoms. The molecule has 4 rings (SSSR count). The first-order valence-electron chi connectivity index (χ1n) is 9.31. The average molecular weight is 409 g/mol. The summed E-state index contributed by atoms with van der Waals surface area (Å²) < 4.78 is 45.3. The Balaban J connectivity index is 2.07. The van der Waals surface area contributed by atoms with Gasteiger partial charge in [-0.05, 0) is 29.3 Å². The van der Waals surface area contributed by atoms with E-state index in [-0.39, 0.29) is 0 Å². The maximum Gasteiger partial charge on any atom is 0.416 e. The topological polar surface area (TPSA) is 42.1 Å². The van der Waals surface area contributed by atoms with E-state index in [0.717, 1.165) is 17.7 Å². The number of esters is 1. The van der Waals surface area contributed by atoms with Crippen LogP contribution in [0.25, 0.3) is 22.2 Å². The summed E-state index contributed by atoms with van der Waals surface area (Å²) in [7, 11) is 1.27. The van der Waals surface area contributed by atoms with Crippen molar-refractivity contribution in [1.29, 1.82) is 0 Å². The van der Waals surface area contributed by atoms with Gasteiger partial charge in [0, 0.05) is 16.5 Å². The van der Waals surface area contributed by atoms with Gasteiger partial charge in [0.05, 0.1) is 18.4 Å². The fourth-order valence-corrected chi connectivity index (χ4v) is 3.71. The van der Waals surface area contributed by atoms with Gasteiger partial charge in [-0.25, -0.2) is 0 Å². The minimum Gasteiger partial charge on any atom is -0.468 e. The van der Waals surface area contributed by atoms with E-state index in [4.69, 9.17) is 4.74 Å². The van der Waals surface area contributed by atoms with Crippen LogP contribution in [0.15, 0.2) is 78.9 Å². The van der Waals surface area contributed by atoms with Gasteiger partial charge in [-0.15, -0.1) is 0 Å². The van der Waals surface area contributed by atoms with Crippen molar-refractivity contribution in [1.82, 2.24) is 4.98 Å². The van der Waals surface area contributed by atoms with Crippen molar-refractivity contribution < 1.29 is 22.7 Å². The molecule has 1 heterocycles. The van der Waals surface area contributed by atoms with E-state index >= 15 is 0 Å². The summed E-state index contributed by atoms with van der Waals surface area (Å²) in [4.78, 5) is 16.1. The SMILES string of the molecule is COC(=O)C(c1ccccc1)c1c(-c2ccccc2)[nH]c2ccc(C(F)(F)F)cc12. The number of benzene rings is 3. The molecule has 0 aliphatic rings. The largest absolute Gasteiger partial charge is 0.468 e. The number of nitrogens with one attached hydrogen (secondary N) is 1. The van der Waals surface area contributed by atoms with Crippen LogP contribution in [-0.2, 0) is 15.7 Å². The van der Waals surface area contributed by atoms with Gasteiger partial charge >= 0.3 is 12.1 Å². The van der Waals surface area contributed by atoms with Crippen LogP contribution in [-0.4, -0.2) is 18.1 Å². The van der Waals surface area contributed by atoms with Crippen molar-refractivity contribution in [3.63, 3.8) is 0 Å². The predicted octanol–water partition coefficient (Wildman–Crippen LogP) is 6.16. The number of rotatable bonds is 4. The molecule has 0 saturated heterocycles. The van der Waals surface area contributed by atoms with Crippen LogP contribution in [0.2, 0.25) is 0 Å². The Bertz CT molecular complexity index is 1180. The van der Waals surface area contributed by atoms with E-state index < -0.39 is 23.6 Å². The molecule has 1 N–H and O–H groups in total. The maximum absolute atomic E-state index is 13.4. The van der Waals surface area contributed by atoms with Crippen molar-refractivity contribution in [3.05, 3.63) is 95.6 Å². The molecule has 3 aromatic carbocycles. The predicted molar refractivity (Wildman–Crippen MR) is 109 cm³/mol. The second-order valence-corrected chi connectivity index (χ2v) is 6.90. The third-order valence-electron chi connectivity index (χ3n) is 5.09. The van der Waals surface area contributed by atoms with E-state index in [1.54, 1.807) is 24.3 Å². The minimum absolute atomic E-state index is 0.336. The lowest BCUT2D eigenvalue weighted by Crippen LogP contribution is -2.16. The van der Waals surface area contributed by atoms with Crippen molar-refractivity contribution in [2.75, 3.05) is 7.11 Å². The highest BCUT2D eigenvalue weighted by atomic mass is 19.4. The van der Waals surface area contributed by atoms with Gasteiger partial charge in [0.2, 0.25) is 0 Å². The summed E-state index contributed by atoms with van der Waals surface area (Å²) in [5.74, 6) is -1.43. The molecule has 0 bridgehead atoms. The van der Waals surface area contributed by atoms with Crippen LogP contribution >= 0.6 is 0 Å². The zero-order valence-electron chi connectivity index (χ0n) is 16.0. The monoisotopic (exact) mass is 409 g/mol. The number of alkyl halides is 3. The van der Waals surface area contributed by atoms with Crippen LogP contribution in [0.5, 0.6) is 0 Å². The Kier molecular flexibility index (Phi) is 5.08. The fourth-order valence-electron chi connectivity index (χ4n) is 3.71. The highest BCUT2D eigenvalue weighted by molar-refractivity contribution is 5.98. The molecule has 0 radical (unpaired) electrons. The average Bonchev–Trinajstić information content (AvgIpc) is 3.13. The first-order chi connectivity index (χ1) is 14.4. The third kappa shape index (κ3) is 3.56. The zero-order valence-corrected chi connectivity index (χ0v) is 16.0. The van der Waals surface area contributed by atoms with Crippen molar-refractivity contribution >= 4 is 16.9 Å². The molecule has 1 unspecified atom stereocenters. The summed E-state index contributed by atoms with van der Waals surface area (Å²) >= 11 is 0. The molecule has 0 spiro atoms. The molecule has 1 atom stereocenters. The summed E-state index contributed by atoms with van der Waals surface area (Å²) in [6, 6.07) is 21.6. The number of aromatic nitrogens is 1. The molecule has 0 amide bonds. The van der Waals surface area contributed by atoms with Crippen LogP contribution in [0.4, 0.5) is 13.2 Å². The van der Waals surface area contributed by atoms with Gasteiger partial charge in [-0.1, -0.05) is 60.7 Å². The lowest BCUT2D eigenvalue weighted by molar-refractivity contribution is -0.141. The fraction of sp³-hybridized carbons (Fsp3) is 0.125. The maximum atomic E-state index is 13.4. The highest BCUT2D eigenvalue weighted by Gasteiger charge is 2.34. The second kappa shape index (κ2) is 7.71. The Morgan fingerprint density at radius 3 is 2.17 bits per heavy atom. The molecule has 1 aromatic heterocycles. The number of carbonyl (C=O) groups is 1. The number of hydrogen-bond acceptors (Lipinski definition) is 2. The van der Waals surface area contributed by atoms with E-state index in [1.165, 1.54) is 13.2 Å². The van der Waals surface area contributed by atoms with Gasteiger partial charge in [-0.2, -0.15) is 13.2 Å². The molecule has 4 aromatic rings. The minimum atomic E-state index is -4.50. The third-order valence-corrected chi connectivity index (χ3v) is 5.09. The number of aromatic amines is 1. The first-order valence-corrected chi connectivity index (χ1v) is 9.31. The number of carbonyl (C=O) groups excluding carboxylic acids is 1. The van der Waals surface area contributed by atoms with Gasteiger partial charge < -0.3 is 9.72 Å². The quantitative estimate of drug-likeness (QED) is 0.410. The zero-order chi connectivity index (χ0) is 21.3.